The standard InChI is InChI=1S/C30H36N2O6/c1-17-9-10-20-27(2,3)21(33)11-14-30(20)28(17,4)16-18-15-19(32(35)36)22-23(24(18)38-30)25(31-26(22)34)29(37-5)12-7-6-8-13-29/h6-8,12,15,17,20,25H,9-11,13-14,16H2,1-5H3,(H,31,34)/t17-,20-,25+,28+,29?,30-/m0/s1. The predicted octanol–water partition coefficient (Wildman–Crippen LogP) is 5.40. The minimum Gasteiger partial charge on any atom is -0.486 e. The Morgan fingerprint density at radius 3 is 2.61 bits per heavy atom. The van der Waals surface area contributed by atoms with Crippen LogP contribution in [0.25, 0.3) is 0 Å². The molecule has 1 amide bonds. The van der Waals surface area contributed by atoms with Gasteiger partial charge in [-0.15, -0.1) is 0 Å². The Kier molecular flexibility index (Phi) is 5.33. The second-order valence-electron chi connectivity index (χ2n) is 12.7. The number of carbonyl (C=O) groups excluding carboxylic acids is 2. The molecular weight excluding hydrogens is 484 g/mol. The lowest BCUT2D eigenvalue weighted by molar-refractivity contribution is -0.385. The maximum atomic E-state index is 13.4. The summed E-state index contributed by atoms with van der Waals surface area (Å²) in [4.78, 5) is 38.4. The molecule has 1 N–H and O–H groups in total. The molecule has 1 aromatic rings. The summed E-state index contributed by atoms with van der Waals surface area (Å²) in [6, 6.07) is 0.906. The minimum absolute atomic E-state index is 0.00820. The van der Waals surface area contributed by atoms with Gasteiger partial charge in [-0.3, -0.25) is 19.7 Å². The maximum absolute atomic E-state index is 13.4. The van der Waals surface area contributed by atoms with Crippen molar-refractivity contribution in [3.05, 3.63) is 57.2 Å². The minimum atomic E-state index is -0.901. The molecule has 2 aliphatic heterocycles. The number of nitrogens with zero attached hydrogens (tertiary/aromatic N) is 1. The van der Waals surface area contributed by atoms with Crippen LogP contribution in [-0.4, -0.2) is 34.9 Å². The second kappa shape index (κ2) is 8.01. The third-order valence-corrected chi connectivity index (χ3v) is 11.0. The molecule has 3 aliphatic carbocycles. The van der Waals surface area contributed by atoms with Gasteiger partial charge in [0.05, 0.1) is 11.0 Å². The topological polar surface area (TPSA) is 108 Å². The summed E-state index contributed by atoms with van der Waals surface area (Å²) in [5, 5.41) is 15.3. The van der Waals surface area contributed by atoms with Gasteiger partial charge in [-0.05, 0) is 31.6 Å². The molecular formula is C30H36N2O6. The number of Topliss-reactive ketones (excluding diaryl/α,β-unsaturated/α-hetero) is 1. The van der Waals surface area contributed by atoms with Crippen molar-refractivity contribution in [1.82, 2.24) is 5.32 Å². The number of rotatable bonds is 3. The van der Waals surface area contributed by atoms with Gasteiger partial charge < -0.3 is 14.8 Å². The van der Waals surface area contributed by atoms with Crippen LogP contribution >= 0.6 is 0 Å². The number of hydrogen-bond acceptors (Lipinski definition) is 6. The number of ether oxygens (including phenoxy) is 2. The van der Waals surface area contributed by atoms with Crippen molar-refractivity contribution < 1.29 is 24.0 Å². The van der Waals surface area contributed by atoms with E-state index in [0.717, 1.165) is 18.4 Å². The van der Waals surface area contributed by atoms with Crippen molar-refractivity contribution in [3.8, 4) is 5.75 Å². The van der Waals surface area contributed by atoms with Gasteiger partial charge in [-0.25, -0.2) is 0 Å². The molecule has 2 fully saturated rings. The zero-order valence-electron chi connectivity index (χ0n) is 22.8. The molecule has 5 aliphatic rings. The van der Waals surface area contributed by atoms with Crippen molar-refractivity contribution in [1.29, 1.82) is 0 Å². The highest BCUT2D eigenvalue weighted by Crippen LogP contribution is 2.66. The van der Waals surface area contributed by atoms with Crippen LogP contribution in [0.15, 0.2) is 30.4 Å². The quantitative estimate of drug-likeness (QED) is 0.423. The molecule has 0 saturated heterocycles. The number of allylic oxidation sites excluding steroid dienone is 2. The number of ketones is 1. The predicted molar refractivity (Wildman–Crippen MR) is 141 cm³/mol. The summed E-state index contributed by atoms with van der Waals surface area (Å²) in [7, 11) is 1.60. The van der Waals surface area contributed by atoms with E-state index in [2.05, 4.69) is 19.2 Å². The molecule has 8 heteroatoms. The molecule has 0 bridgehead atoms. The van der Waals surface area contributed by atoms with E-state index < -0.39 is 33.5 Å². The number of benzene rings is 1. The van der Waals surface area contributed by atoms with Crippen molar-refractivity contribution >= 4 is 17.4 Å². The second-order valence-corrected chi connectivity index (χ2v) is 12.7. The van der Waals surface area contributed by atoms with Gasteiger partial charge in [0, 0.05) is 53.9 Å². The largest absolute Gasteiger partial charge is 0.486 e. The van der Waals surface area contributed by atoms with Crippen LogP contribution in [0.3, 0.4) is 0 Å². The Labute approximate surface area is 223 Å². The Morgan fingerprint density at radius 2 is 1.95 bits per heavy atom. The Hall–Kier alpha value is -3.00. The highest BCUT2D eigenvalue weighted by Gasteiger charge is 2.68. The number of nitro benzene ring substituents is 1. The van der Waals surface area contributed by atoms with Crippen molar-refractivity contribution in [2.45, 2.75) is 83.5 Å². The Balaban J connectivity index is 1.61. The molecule has 1 aromatic carbocycles. The lowest BCUT2D eigenvalue weighted by Crippen LogP contribution is -2.69. The first-order valence-electron chi connectivity index (χ1n) is 13.7. The smallest absolute Gasteiger partial charge is 0.283 e. The zero-order chi connectivity index (χ0) is 27.3. The van der Waals surface area contributed by atoms with E-state index in [1.165, 1.54) is 0 Å². The van der Waals surface area contributed by atoms with Crippen molar-refractivity contribution in [2.24, 2.45) is 22.7 Å². The van der Waals surface area contributed by atoms with Gasteiger partial charge in [0.1, 0.15) is 28.3 Å². The average molecular weight is 521 g/mol. The first-order chi connectivity index (χ1) is 17.9. The van der Waals surface area contributed by atoms with E-state index in [9.17, 15) is 19.7 Å². The molecule has 2 saturated carbocycles. The van der Waals surface area contributed by atoms with Crippen LogP contribution in [0.5, 0.6) is 5.75 Å². The van der Waals surface area contributed by atoms with Crippen LogP contribution < -0.4 is 10.1 Å². The van der Waals surface area contributed by atoms with E-state index in [4.69, 9.17) is 9.47 Å². The summed E-state index contributed by atoms with van der Waals surface area (Å²) in [5.41, 5.74) is -1.23. The molecule has 1 unspecified atom stereocenters. The molecule has 0 radical (unpaired) electrons. The van der Waals surface area contributed by atoms with Crippen LogP contribution in [0.2, 0.25) is 0 Å². The third-order valence-electron chi connectivity index (χ3n) is 11.0. The van der Waals surface area contributed by atoms with E-state index in [-0.39, 0.29) is 28.4 Å². The number of hydrogen-bond donors (Lipinski definition) is 1. The third kappa shape index (κ3) is 3.01. The van der Waals surface area contributed by atoms with Gasteiger partial charge in [0.25, 0.3) is 11.6 Å². The molecule has 6 atom stereocenters. The van der Waals surface area contributed by atoms with Gasteiger partial charge in [0.2, 0.25) is 0 Å². The van der Waals surface area contributed by atoms with Crippen molar-refractivity contribution in [3.63, 3.8) is 0 Å². The number of methoxy groups -OCH3 is 1. The van der Waals surface area contributed by atoms with Crippen LogP contribution in [0, 0.1) is 32.8 Å². The molecule has 8 nitrogen and oxygen atoms in total. The highest BCUT2D eigenvalue weighted by molar-refractivity contribution is 6.04. The van der Waals surface area contributed by atoms with E-state index in [0.29, 0.717) is 42.9 Å². The Bertz CT molecular complexity index is 1330. The highest BCUT2D eigenvalue weighted by atomic mass is 16.6. The molecule has 2 heterocycles. The van der Waals surface area contributed by atoms with E-state index in [1.807, 2.05) is 38.2 Å². The number of nitrogens with one attached hydrogen (secondary N) is 1. The SMILES string of the molecule is COC1([C@@H]2NC(=O)c3c([N+](=O)[O-])cc4c(c32)O[C@@]23CCC(=O)C(C)(C)[C@@H]2CC[C@H](C)[C@@]3(C)C4)C=CC=CC1. The van der Waals surface area contributed by atoms with E-state index in [1.54, 1.807) is 13.2 Å². The summed E-state index contributed by atoms with van der Waals surface area (Å²) < 4.78 is 13.3. The van der Waals surface area contributed by atoms with Crippen LogP contribution in [0.1, 0.15) is 87.3 Å². The van der Waals surface area contributed by atoms with Crippen LogP contribution in [-0.2, 0) is 16.0 Å². The normalized spacial score (nSPS) is 38.4. The number of amides is 1. The van der Waals surface area contributed by atoms with E-state index >= 15 is 0 Å². The first kappa shape index (κ1) is 25.3. The fourth-order valence-corrected chi connectivity index (χ4v) is 8.52. The fraction of sp³-hybridized carbons (Fsp3) is 0.600. The molecule has 38 heavy (non-hydrogen) atoms. The van der Waals surface area contributed by atoms with Crippen LogP contribution in [0.4, 0.5) is 5.69 Å². The Morgan fingerprint density at radius 1 is 1.18 bits per heavy atom. The molecule has 202 valence electrons. The number of nitro groups is 1. The molecule has 1 spiro atoms. The maximum Gasteiger partial charge on any atom is 0.283 e. The summed E-state index contributed by atoms with van der Waals surface area (Å²) in [6.45, 7) is 8.57. The zero-order valence-corrected chi connectivity index (χ0v) is 22.8. The van der Waals surface area contributed by atoms with Crippen molar-refractivity contribution in [2.75, 3.05) is 7.11 Å². The fourth-order valence-electron chi connectivity index (χ4n) is 8.52. The monoisotopic (exact) mass is 520 g/mol. The lowest BCUT2D eigenvalue weighted by Gasteiger charge is -2.65. The molecule has 0 aromatic heterocycles. The average Bonchev–Trinajstić information content (AvgIpc) is 3.24. The molecule has 6 rings (SSSR count). The number of fused-ring (bicyclic) bond motifs is 3. The van der Waals surface area contributed by atoms with Gasteiger partial charge >= 0.3 is 0 Å². The van der Waals surface area contributed by atoms with Gasteiger partial charge in [0.15, 0.2) is 0 Å². The summed E-state index contributed by atoms with van der Waals surface area (Å²) in [5.74, 6) is 0.654. The lowest BCUT2D eigenvalue weighted by atomic mass is 9.44. The number of carbonyl (C=O) groups is 2. The van der Waals surface area contributed by atoms with Gasteiger partial charge in [-0.2, -0.15) is 0 Å². The summed E-state index contributed by atoms with van der Waals surface area (Å²) in [6.07, 6.45) is 11.7. The first-order valence-corrected chi connectivity index (χ1v) is 13.7. The summed E-state index contributed by atoms with van der Waals surface area (Å²) >= 11 is 0. The van der Waals surface area contributed by atoms with Gasteiger partial charge in [-0.1, -0.05) is 52.0 Å².